The Hall–Kier alpha value is -1.71. The van der Waals surface area contributed by atoms with Crippen LogP contribution in [0.1, 0.15) is 12.5 Å². The molecule has 76 valence electrons. The summed E-state index contributed by atoms with van der Waals surface area (Å²) in [5.74, 6) is 1.22. The fourth-order valence-corrected chi connectivity index (χ4v) is 1.16. The predicted octanol–water partition coefficient (Wildman–Crippen LogP) is 1.90. The summed E-state index contributed by atoms with van der Waals surface area (Å²) >= 11 is 0. The van der Waals surface area contributed by atoms with Crippen molar-refractivity contribution in [3.05, 3.63) is 23.8 Å². The molecule has 0 saturated carbocycles. The van der Waals surface area contributed by atoms with Gasteiger partial charge in [-0.3, -0.25) is 0 Å². The molecule has 0 radical (unpaired) electrons. The highest BCUT2D eigenvalue weighted by Crippen LogP contribution is 2.29. The molecule has 4 nitrogen and oxygen atoms in total. The molecule has 1 N–H and O–H groups in total. The summed E-state index contributed by atoms with van der Waals surface area (Å²) in [6, 6.07) is 5.38. The molecule has 1 aromatic rings. The normalized spacial score (nSPS) is 10.4. The lowest BCUT2D eigenvalue weighted by atomic mass is 10.2. The van der Waals surface area contributed by atoms with E-state index in [1.807, 2.05) is 6.92 Å². The van der Waals surface area contributed by atoms with Crippen molar-refractivity contribution < 1.29 is 14.7 Å². The van der Waals surface area contributed by atoms with E-state index in [1.165, 1.54) is 6.21 Å². The molecule has 0 aliphatic rings. The van der Waals surface area contributed by atoms with Gasteiger partial charge in [0.25, 0.3) is 0 Å². The third-order valence-electron chi connectivity index (χ3n) is 1.71. The van der Waals surface area contributed by atoms with Crippen LogP contribution in [0.15, 0.2) is 23.4 Å². The van der Waals surface area contributed by atoms with Gasteiger partial charge in [-0.05, 0) is 19.1 Å². The summed E-state index contributed by atoms with van der Waals surface area (Å²) in [5.41, 5.74) is 0.689. The Morgan fingerprint density at radius 1 is 1.50 bits per heavy atom. The van der Waals surface area contributed by atoms with Crippen molar-refractivity contribution in [2.75, 3.05) is 13.7 Å². The minimum Gasteiger partial charge on any atom is -0.493 e. The van der Waals surface area contributed by atoms with Gasteiger partial charge in [0.05, 0.1) is 19.9 Å². The van der Waals surface area contributed by atoms with Gasteiger partial charge in [0.2, 0.25) is 0 Å². The average Bonchev–Trinajstić information content (AvgIpc) is 2.21. The van der Waals surface area contributed by atoms with Crippen LogP contribution < -0.4 is 9.47 Å². The number of hydrogen-bond donors (Lipinski definition) is 1. The number of nitrogens with zero attached hydrogens (tertiary/aromatic N) is 1. The Morgan fingerprint density at radius 2 is 2.29 bits per heavy atom. The summed E-state index contributed by atoms with van der Waals surface area (Å²) in [5, 5.41) is 11.4. The van der Waals surface area contributed by atoms with Crippen molar-refractivity contribution in [1.82, 2.24) is 0 Å². The van der Waals surface area contributed by atoms with Crippen LogP contribution in [-0.2, 0) is 0 Å². The zero-order valence-corrected chi connectivity index (χ0v) is 8.23. The lowest BCUT2D eigenvalue weighted by molar-refractivity contribution is 0.308. The third kappa shape index (κ3) is 2.16. The molecule has 0 aromatic heterocycles. The Balaban J connectivity index is 3.13. The molecular weight excluding hydrogens is 182 g/mol. The van der Waals surface area contributed by atoms with Crippen LogP contribution in [0.4, 0.5) is 0 Å². The first kappa shape index (κ1) is 10.4. The monoisotopic (exact) mass is 195 g/mol. The molecular formula is C10H13NO3. The maximum atomic E-state index is 8.45. The number of rotatable bonds is 4. The van der Waals surface area contributed by atoms with Gasteiger partial charge in [-0.15, -0.1) is 0 Å². The summed E-state index contributed by atoms with van der Waals surface area (Å²) < 4.78 is 10.5. The van der Waals surface area contributed by atoms with Gasteiger partial charge in [-0.2, -0.15) is 0 Å². The average molecular weight is 195 g/mol. The smallest absolute Gasteiger partial charge is 0.169 e. The van der Waals surface area contributed by atoms with Crippen LogP contribution >= 0.6 is 0 Å². The fraction of sp³-hybridized carbons (Fsp3) is 0.300. The Bertz CT molecular complexity index is 323. The van der Waals surface area contributed by atoms with Crippen LogP contribution in [0.2, 0.25) is 0 Å². The maximum absolute atomic E-state index is 8.45. The molecule has 0 unspecified atom stereocenters. The van der Waals surface area contributed by atoms with Crippen molar-refractivity contribution >= 4 is 6.21 Å². The molecule has 0 spiro atoms. The molecule has 0 aliphatic heterocycles. The molecule has 14 heavy (non-hydrogen) atoms. The van der Waals surface area contributed by atoms with Gasteiger partial charge in [0.15, 0.2) is 11.5 Å². The second-order valence-corrected chi connectivity index (χ2v) is 2.56. The molecule has 0 saturated heterocycles. The summed E-state index contributed by atoms with van der Waals surface area (Å²) in [4.78, 5) is 0. The lowest BCUT2D eigenvalue weighted by Gasteiger charge is -2.10. The standard InChI is InChI=1S/C10H13NO3/c1-3-14-10-8(7-11-12)5-4-6-9(10)13-2/h4-7,12H,3H2,1-2H3/b11-7+. The van der Waals surface area contributed by atoms with Crippen molar-refractivity contribution in [3.8, 4) is 11.5 Å². The SMILES string of the molecule is CCOc1c(/C=N/O)cccc1OC. The Morgan fingerprint density at radius 3 is 2.86 bits per heavy atom. The molecule has 1 rings (SSSR count). The van der Waals surface area contributed by atoms with Gasteiger partial charge in [0.1, 0.15) is 0 Å². The highest BCUT2D eigenvalue weighted by atomic mass is 16.5. The molecule has 0 bridgehead atoms. The quantitative estimate of drug-likeness (QED) is 0.453. The summed E-state index contributed by atoms with van der Waals surface area (Å²) in [7, 11) is 1.57. The third-order valence-corrected chi connectivity index (χ3v) is 1.71. The van der Waals surface area contributed by atoms with E-state index in [0.29, 0.717) is 23.7 Å². The van der Waals surface area contributed by atoms with E-state index >= 15 is 0 Å². The molecule has 0 atom stereocenters. The second-order valence-electron chi connectivity index (χ2n) is 2.56. The minimum absolute atomic E-state index is 0.534. The fourth-order valence-electron chi connectivity index (χ4n) is 1.16. The van der Waals surface area contributed by atoms with Crippen LogP contribution in [-0.4, -0.2) is 25.1 Å². The van der Waals surface area contributed by atoms with Crippen molar-refractivity contribution in [2.24, 2.45) is 5.16 Å². The Kier molecular flexibility index (Phi) is 3.79. The highest BCUT2D eigenvalue weighted by molar-refractivity contribution is 5.84. The van der Waals surface area contributed by atoms with Crippen LogP contribution in [0.5, 0.6) is 11.5 Å². The zero-order chi connectivity index (χ0) is 10.4. The molecule has 4 heteroatoms. The molecule has 0 aliphatic carbocycles. The molecule has 0 fully saturated rings. The lowest BCUT2D eigenvalue weighted by Crippen LogP contribution is -1.99. The molecule has 0 heterocycles. The number of hydrogen-bond acceptors (Lipinski definition) is 4. The van der Waals surface area contributed by atoms with Crippen molar-refractivity contribution in [2.45, 2.75) is 6.92 Å². The number of para-hydroxylation sites is 1. The van der Waals surface area contributed by atoms with E-state index in [2.05, 4.69) is 5.16 Å². The predicted molar refractivity (Wildman–Crippen MR) is 53.5 cm³/mol. The van der Waals surface area contributed by atoms with E-state index in [1.54, 1.807) is 25.3 Å². The van der Waals surface area contributed by atoms with E-state index in [4.69, 9.17) is 14.7 Å². The van der Waals surface area contributed by atoms with Gasteiger partial charge >= 0.3 is 0 Å². The van der Waals surface area contributed by atoms with E-state index in [0.717, 1.165) is 0 Å². The van der Waals surface area contributed by atoms with E-state index < -0.39 is 0 Å². The van der Waals surface area contributed by atoms with Crippen molar-refractivity contribution in [1.29, 1.82) is 0 Å². The second kappa shape index (κ2) is 5.11. The number of oxime groups is 1. The first-order valence-electron chi connectivity index (χ1n) is 4.30. The van der Waals surface area contributed by atoms with Gasteiger partial charge in [0, 0.05) is 5.56 Å². The zero-order valence-electron chi connectivity index (χ0n) is 8.23. The first-order valence-corrected chi connectivity index (χ1v) is 4.30. The van der Waals surface area contributed by atoms with Gasteiger partial charge in [-0.25, -0.2) is 0 Å². The van der Waals surface area contributed by atoms with E-state index in [9.17, 15) is 0 Å². The van der Waals surface area contributed by atoms with Crippen LogP contribution in [0, 0.1) is 0 Å². The van der Waals surface area contributed by atoms with Crippen molar-refractivity contribution in [3.63, 3.8) is 0 Å². The Labute approximate surface area is 82.8 Å². The maximum Gasteiger partial charge on any atom is 0.169 e. The van der Waals surface area contributed by atoms with E-state index in [-0.39, 0.29) is 0 Å². The first-order chi connectivity index (χ1) is 6.83. The topological polar surface area (TPSA) is 51.0 Å². The van der Waals surface area contributed by atoms with Crippen LogP contribution in [0.3, 0.4) is 0 Å². The largest absolute Gasteiger partial charge is 0.493 e. The number of methoxy groups -OCH3 is 1. The van der Waals surface area contributed by atoms with Crippen LogP contribution in [0.25, 0.3) is 0 Å². The molecule has 0 amide bonds. The minimum atomic E-state index is 0.534. The highest BCUT2D eigenvalue weighted by Gasteiger charge is 2.07. The van der Waals surface area contributed by atoms with Gasteiger partial charge in [-0.1, -0.05) is 11.2 Å². The molecule has 1 aromatic carbocycles. The number of ether oxygens (including phenoxy) is 2. The summed E-state index contributed by atoms with van der Waals surface area (Å²) in [6.07, 6.45) is 1.31. The number of benzene rings is 1. The summed E-state index contributed by atoms with van der Waals surface area (Å²) in [6.45, 7) is 2.42. The van der Waals surface area contributed by atoms with Gasteiger partial charge < -0.3 is 14.7 Å².